The van der Waals surface area contributed by atoms with Gasteiger partial charge in [-0.3, -0.25) is 9.58 Å². The number of benzene rings is 1. The first kappa shape index (κ1) is 14.5. The van der Waals surface area contributed by atoms with Gasteiger partial charge in [0.15, 0.2) is 0 Å². The van der Waals surface area contributed by atoms with Gasteiger partial charge in [-0.15, -0.1) is 0 Å². The smallest absolute Gasteiger partial charge is 0.0719 e. The molecule has 1 aromatic carbocycles. The highest BCUT2D eigenvalue weighted by Crippen LogP contribution is 2.20. The molecule has 1 aliphatic heterocycles. The van der Waals surface area contributed by atoms with Crippen LogP contribution in [0.3, 0.4) is 0 Å². The number of rotatable bonds is 3. The largest absolute Gasteiger partial charge is 0.326 e. The van der Waals surface area contributed by atoms with Crippen LogP contribution in [-0.4, -0.2) is 65.4 Å². The van der Waals surface area contributed by atoms with Crippen LogP contribution in [0.1, 0.15) is 5.69 Å². The Hall–Kier alpha value is -1.43. The maximum atomic E-state index is 6.52. The molecule has 0 radical (unpaired) electrons. The van der Waals surface area contributed by atoms with E-state index in [0.29, 0.717) is 6.04 Å². The Labute approximate surface area is 126 Å². The van der Waals surface area contributed by atoms with Crippen molar-refractivity contribution in [3.63, 3.8) is 0 Å². The van der Waals surface area contributed by atoms with E-state index in [1.165, 1.54) is 10.9 Å². The summed E-state index contributed by atoms with van der Waals surface area (Å²) in [6.07, 6.45) is 0.824. The first-order valence-electron chi connectivity index (χ1n) is 7.61. The lowest BCUT2D eigenvalue weighted by atomic mass is 9.99. The molecule has 1 aromatic heterocycles. The molecule has 0 bridgehead atoms. The number of aromatic nitrogens is 2. The van der Waals surface area contributed by atoms with Crippen molar-refractivity contribution in [3.05, 3.63) is 30.0 Å². The summed E-state index contributed by atoms with van der Waals surface area (Å²) in [4.78, 5) is 4.75. The highest BCUT2D eigenvalue weighted by atomic mass is 15.3. The zero-order chi connectivity index (χ0) is 15.0. The van der Waals surface area contributed by atoms with Gasteiger partial charge in [-0.25, -0.2) is 0 Å². The Morgan fingerprint density at radius 1 is 1.24 bits per heavy atom. The summed E-state index contributed by atoms with van der Waals surface area (Å²) in [5, 5.41) is 5.90. The highest BCUT2D eigenvalue weighted by Gasteiger charge is 2.28. The van der Waals surface area contributed by atoms with E-state index in [9.17, 15) is 0 Å². The van der Waals surface area contributed by atoms with Crippen molar-refractivity contribution in [2.75, 3.05) is 33.7 Å². The predicted molar refractivity (Wildman–Crippen MR) is 86.3 cm³/mol. The molecule has 5 nitrogen and oxygen atoms in total. The summed E-state index contributed by atoms with van der Waals surface area (Å²) in [6, 6.07) is 8.87. The van der Waals surface area contributed by atoms with E-state index in [-0.39, 0.29) is 6.04 Å². The van der Waals surface area contributed by atoms with Gasteiger partial charge in [-0.2, -0.15) is 5.10 Å². The highest BCUT2D eigenvalue weighted by molar-refractivity contribution is 5.81. The normalized spacial score (nSPS) is 22.8. The molecule has 3 rings (SSSR count). The quantitative estimate of drug-likeness (QED) is 0.902. The van der Waals surface area contributed by atoms with Crippen LogP contribution in [0.15, 0.2) is 24.3 Å². The van der Waals surface area contributed by atoms with E-state index in [1.807, 2.05) is 11.7 Å². The molecule has 114 valence electrons. The first-order valence-corrected chi connectivity index (χ1v) is 7.61. The second-order valence-electron chi connectivity index (χ2n) is 6.27. The van der Waals surface area contributed by atoms with Gasteiger partial charge in [0.2, 0.25) is 0 Å². The molecule has 2 aromatic rings. The lowest BCUT2D eigenvalue weighted by Gasteiger charge is -2.40. The lowest BCUT2D eigenvalue weighted by Crippen LogP contribution is -2.58. The monoisotopic (exact) mass is 287 g/mol. The van der Waals surface area contributed by atoms with E-state index >= 15 is 0 Å². The summed E-state index contributed by atoms with van der Waals surface area (Å²) in [6.45, 7) is 3.23. The molecule has 5 heteroatoms. The topological polar surface area (TPSA) is 50.3 Å². The molecule has 0 saturated carbocycles. The Balaban J connectivity index is 1.81. The predicted octanol–water partition coefficient (Wildman–Crippen LogP) is 0.689. The van der Waals surface area contributed by atoms with Crippen LogP contribution in [0, 0.1) is 0 Å². The molecule has 21 heavy (non-hydrogen) atoms. The van der Waals surface area contributed by atoms with Crippen molar-refractivity contribution < 1.29 is 0 Å². The summed E-state index contributed by atoms with van der Waals surface area (Å²) in [5.74, 6) is 0. The molecule has 2 N–H and O–H groups in total. The number of fused-ring (bicyclic) bond motifs is 1. The van der Waals surface area contributed by atoms with Crippen LogP contribution in [0.2, 0.25) is 0 Å². The molecular weight excluding hydrogens is 262 g/mol. The van der Waals surface area contributed by atoms with Crippen LogP contribution in [0.25, 0.3) is 10.9 Å². The fraction of sp³-hybridized carbons (Fsp3) is 0.562. The van der Waals surface area contributed by atoms with Gasteiger partial charge in [0.1, 0.15) is 0 Å². The second kappa shape index (κ2) is 5.75. The van der Waals surface area contributed by atoms with Gasteiger partial charge in [0.05, 0.1) is 11.2 Å². The van der Waals surface area contributed by atoms with E-state index in [2.05, 4.69) is 53.3 Å². The number of likely N-dealkylation sites (N-methyl/N-ethyl adjacent to an activating group) is 2. The van der Waals surface area contributed by atoms with E-state index in [0.717, 1.165) is 31.7 Å². The number of hydrogen-bond acceptors (Lipinski definition) is 4. The minimum atomic E-state index is 0.107. The minimum Gasteiger partial charge on any atom is -0.326 e. The summed E-state index contributed by atoms with van der Waals surface area (Å²) in [7, 11) is 6.34. The van der Waals surface area contributed by atoms with Crippen molar-refractivity contribution in [2.24, 2.45) is 12.8 Å². The zero-order valence-corrected chi connectivity index (χ0v) is 13.2. The second-order valence-corrected chi connectivity index (χ2v) is 6.27. The molecule has 0 amide bonds. The SMILES string of the molecule is CN1CCN(C)C(C(N)Cc2nn(C)c3ccccc23)C1. The third-order valence-corrected chi connectivity index (χ3v) is 4.66. The van der Waals surface area contributed by atoms with Crippen molar-refractivity contribution >= 4 is 10.9 Å². The molecule has 1 saturated heterocycles. The van der Waals surface area contributed by atoms with E-state index in [1.54, 1.807) is 0 Å². The number of hydrogen-bond donors (Lipinski definition) is 1. The third-order valence-electron chi connectivity index (χ3n) is 4.66. The average Bonchev–Trinajstić information content (AvgIpc) is 2.78. The van der Waals surface area contributed by atoms with Gasteiger partial charge in [-0.1, -0.05) is 18.2 Å². The van der Waals surface area contributed by atoms with Crippen molar-refractivity contribution in [2.45, 2.75) is 18.5 Å². The standard InChI is InChI=1S/C16H25N5/c1-19-8-9-20(2)16(11-19)13(17)10-14-12-6-4-5-7-15(12)21(3)18-14/h4-7,13,16H,8-11,17H2,1-3H3. The van der Waals surface area contributed by atoms with Crippen LogP contribution < -0.4 is 5.73 Å². The minimum absolute atomic E-state index is 0.107. The molecular formula is C16H25N5. The number of piperazine rings is 1. The maximum absolute atomic E-state index is 6.52. The number of para-hydroxylation sites is 1. The van der Waals surface area contributed by atoms with Gasteiger partial charge < -0.3 is 10.6 Å². The number of aryl methyl sites for hydroxylation is 1. The fourth-order valence-corrected chi connectivity index (χ4v) is 3.31. The molecule has 1 fully saturated rings. The van der Waals surface area contributed by atoms with Gasteiger partial charge >= 0.3 is 0 Å². The summed E-state index contributed by atoms with van der Waals surface area (Å²) in [5.41, 5.74) is 8.80. The van der Waals surface area contributed by atoms with Crippen LogP contribution in [-0.2, 0) is 13.5 Å². The van der Waals surface area contributed by atoms with Crippen LogP contribution in [0.4, 0.5) is 0 Å². The Kier molecular flexibility index (Phi) is 3.97. The zero-order valence-electron chi connectivity index (χ0n) is 13.2. The average molecular weight is 287 g/mol. The van der Waals surface area contributed by atoms with Gasteiger partial charge in [0.25, 0.3) is 0 Å². The Morgan fingerprint density at radius 3 is 2.81 bits per heavy atom. The third kappa shape index (κ3) is 2.81. The van der Waals surface area contributed by atoms with Crippen molar-refractivity contribution in [1.29, 1.82) is 0 Å². The Morgan fingerprint density at radius 2 is 2.00 bits per heavy atom. The number of nitrogens with zero attached hydrogens (tertiary/aromatic N) is 4. The van der Waals surface area contributed by atoms with Crippen LogP contribution >= 0.6 is 0 Å². The van der Waals surface area contributed by atoms with Crippen molar-refractivity contribution in [1.82, 2.24) is 19.6 Å². The molecule has 0 aliphatic carbocycles. The van der Waals surface area contributed by atoms with Crippen molar-refractivity contribution in [3.8, 4) is 0 Å². The van der Waals surface area contributed by atoms with Gasteiger partial charge in [0, 0.05) is 50.6 Å². The fourth-order valence-electron chi connectivity index (χ4n) is 3.31. The molecule has 2 heterocycles. The number of nitrogens with two attached hydrogens (primary N) is 1. The molecule has 0 spiro atoms. The molecule has 2 unspecified atom stereocenters. The van der Waals surface area contributed by atoms with Crippen LogP contribution in [0.5, 0.6) is 0 Å². The lowest BCUT2D eigenvalue weighted by molar-refractivity contribution is 0.0972. The maximum Gasteiger partial charge on any atom is 0.0719 e. The molecule has 1 aliphatic rings. The first-order chi connectivity index (χ1) is 10.1. The summed E-state index contributed by atoms with van der Waals surface area (Å²) >= 11 is 0. The molecule has 2 atom stereocenters. The summed E-state index contributed by atoms with van der Waals surface area (Å²) < 4.78 is 1.95. The Bertz CT molecular complexity index is 620. The van der Waals surface area contributed by atoms with E-state index < -0.39 is 0 Å². The van der Waals surface area contributed by atoms with E-state index in [4.69, 9.17) is 5.73 Å². The van der Waals surface area contributed by atoms with Gasteiger partial charge in [-0.05, 0) is 20.2 Å².